The van der Waals surface area contributed by atoms with Crippen molar-refractivity contribution in [2.75, 3.05) is 6.61 Å². The summed E-state index contributed by atoms with van der Waals surface area (Å²) in [6.07, 6.45) is 21.1. The quantitative estimate of drug-likeness (QED) is 0.486. The summed E-state index contributed by atoms with van der Waals surface area (Å²) in [6.45, 7) is 10.3. The second-order valence-electron chi connectivity index (χ2n) is 12.1. The van der Waals surface area contributed by atoms with E-state index in [9.17, 15) is 4.79 Å². The molecule has 0 radical (unpaired) electrons. The van der Waals surface area contributed by atoms with Gasteiger partial charge >= 0.3 is 0 Å². The van der Waals surface area contributed by atoms with Gasteiger partial charge in [-0.3, -0.25) is 9.79 Å². The summed E-state index contributed by atoms with van der Waals surface area (Å²) in [5.41, 5.74) is 0.124. The molecule has 1 heterocycles. The van der Waals surface area contributed by atoms with E-state index in [0.29, 0.717) is 23.0 Å². The van der Waals surface area contributed by atoms with Crippen LogP contribution in [0, 0.1) is 46.3 Å². The molecule has 4 fully saturated rings. The van der Waals surface area contributed by atoms with Crippen molar-refractivity contribution in [1.82, 2.24) is 0 Å². The van der Waals surface area contributed by atoms with E-state index in [1.807, 2.05) is 12.3 Å². The standard InChI is InChI=1S/C29H43NO2/c1-5-19-32-29(15-7-6-8-18-30-29)26-12-11-23-21-9-10-22-20(2)25(31)14-17-27(22,3)24(21)13-16-28(23,26)4/h6-8,15,18,20-24,26H,5,9-14,16-17,19H2,1-4H3/t20?,21-,22?,23-,24-,26?,27-,28-,29?/m0/s1. The lowest BCUT2D eigenvalue weighted by molar-refractivity contribution is -0.157. The van der Waals surface area contributed by atoms with Crippen molar-refractivity contribution in [3.05, 3.63) is 24.3 Å². The van der Waals surface area contributed by atoms with Crippen molar-refractivity contribution in [3.8, 4) is 0 Å². The minimum absolute atomic E-state index is 0.267. The van der Waals surface area contributed by atoms with E-state index in [2.05, 4.69) is 45.9 Å². The van der Waals surface area contributed by atoms with Crippen molar-refractivity contribution >= 4 is 12.0 Å². The number of allylic oxidation sites excluding steroid dienone is 3. The highest BCUT2D eigenvalue weighted by Gasteiger charge is 2.64. The Balaban J connectivity index is 1.44. The molecule has 4 saturated carbocycles. The number of ether oxygens (including phenoxy) is 1. The van der Waals surface area contributed by atoms with Crippen molar-refractivity contribution < 1.29 is 9.53 Å². The summed E-state index contributed by atoms with van der Waals surface area (Å²) in [5.74, 6) is 4.19. The predicted molar refractivity (Wildman–Crippen MR) is 131 cm³/mol. The molecule has 0 amide bonds. The van der Waals surface area contributed by atoms with Gasteiger partial charge in [-0.25, -0.2) is 0 Å². The molecule has 0 bridgehead atoms. The van der Waals surface area contributed by atoms with E-state index in [-0.39, 0.29) is 11.3 Å². The monoisotopic (exact) mass is 437 g/mol. The van der Waals surface area contributed by atoms with Crippen LogP contribution in [0.15, 0.2) is 29.3 Å². The van der Waals surface area contributed by atoms with Crippen LogP contribution >= 0.6 is 0 Å². The van der Waals surface area contributed by atoms with Crippen LogP contribution < -0.4 is 0 Å². The van der Waals surface area contributed by atoms with Gasteiger partial charge in [-0.1, -0.05) is 39.8 Å². The second-order valence-corrected chi connectivity index (χ2v) is 12.1. The number of rotatable bonds is 4. The fourth-order valence-corrected chi connectivity index (χ4v) is 9.37. The lowest BCUT2D eigenvalue weighted by Gasteiger charge is -2.61. The Bertz CT molecular complexity index is 811. The summed E-state index contributed by atoms with van der Waals surface area (Å²) in [5, 5.41) is 0. The van der Waals surface area contributed by atoms with Crippen molar-refractivity contribution in [2.24, 2.45) is 51.3 Å². The van der Waals surface area contributed by atoms with Crippen LogP contribution in [0.25, 0.3) is 0 Å². The molecule has 5 aliphatic rings. The van der Waals surface area contributed by atoms with Gasteiger partial charge in [-0.05, 0) is 98.0 Å². The van der Waals surface area contributed by atoms with Crippen LogP contribution in [0.1, 0.15) is 85.5 Å². The van der Waals surface area contributed by atoms with E-state index >= 15 is 0 Å². The van der Waals surface area contributed by atoms with Crippen molar-refractivity contribution in [3.63, 3.8) is 0 Å². The van der Waals surface area contributed by atoms with Gasteiger partial charge in [0.1, 0.15) is 5.78 Å². The normalized spacial score (nSPS) is 49.9. The van der Waals surface area contributed by atoms with Crippen LogP contribution in [0.4, 0.5) is 0 Å². The first-order valence-corrected chi connectivity index (χ1v) is 13.4. The molecular weight excluding hydrogens is 394 g/mol. The largest absolute Gasteiger partial charge is 0.350 e. The van der Waals surface area contributed by atoms with Crippen LogP contribution in [0.3, 0.4) is 0 Å². The Labute approximate surface area is 195 Å². The van der Waals surface area contributed by atoms with E-state index in [0.717, 1.165) is 43.6 Å². The van der Waals surface area contributed by atoms with Gasteiger partial charge < -0.3 is 4.74 Å². The average molecular weight is 438 g/mol. The Hall–Kier alpha value is -1.22. The van der Waals surface area contributed by atoms with Gasteiger partial charge in [0.2, 0.25) is 0 Å². The summed E-state index contributed by atoms with van der Waals surface area (Å²) in [6, 6.07) is 0. The molecule has 0 saturated heterocycles. The van der Waals surface area contributed by atoms with Crippen LogP contribution in [0.5, 0.6) is 0 Å². The minimum atomic E-state index is -0.511. The number of fused-ring (bicyclic) bond motifs is 5. The van der Waals surface area contributed by atoms with Gasteiger partial charge in [-0.2, -0.15) is 0 Å². The maximum absolute atomic E-state index is 12.5. The van der Waals surface area contributed by atoms with Gasteiger partial charge in [0.15, 0.2) is 5.72 Å². The highest BCUT2D eigenvalue weighted by molar-refractivity contribution is 5.82. The lowest BCUT2D eigenvalue weighted by atomic mass is 9.43. The summed E-state index contributed by atoms with van der Waals surface area (Å²) >= 11 is 0. The topological polar surface area (TPSA) is 38.7 Å². The molecule has 0 aromatic heterocycles. The Morgan fingerprint density at radius 1 is 0.969 bits per heavy atom. The van der Waals surface area contributed by atoms with Gasteiger partial charge in [0.05, 0.1) is 0 Å². The molecule has 0 aromatic carbocycles. The van der Waals surface area contributed by atoms with Crippen molar-refractivity contribution in [1.29, 1.82) is 0 Å². The Morgan fingerprint density at radius 2 is 1.75 bits per heavy atom. The van der Waals surface area contributed by atoms with Gasteiger partial charge in [-0.15, -0.1) is 0 Å². The number of carbonyl (C=O) groups excluding carboxylic acids is 1. The number of ketones is 1. The minimum Gasteiger partial charge on any atom is -0.350 e. The highest BCUT2D eigenvalue weighted by Crippen LogP contribution is 2.69. The zero-order valence-corrected chi connectivity index (χ0v) is 20.7. The van der Waals surface area contributed by atoms with Crippen molar-refractivity contribution in [2.45, 2.75) is 91.2 Å². The Morgan fingerprint density at radius 3 is 2.56 bits per heavy atom. The summed E-state index contributed by atoms with van der Waals surface area (Å²) in [4.78, 5) is 17.6. The molecule has 3 nitrogen and oxygen atoms in total. The number of hydrogen-bond donors (Lipinski definition) is 0. The van der Waals surface area contributed by atoms with E-state index < -0.39 is 5.72 Å². The maximum atomic E-state index is 12.5. The molecule has 3 heteroatoms. The smallest absolute Gasteiger partial charge is 0.181 e. The van der Waals surface area contributed by atoms with Crippen LogP contribution in [-0.4, -0.2) is 24.3 Å². The molecule has 32 heavy (non-hydrogen) atoms. The van der Waals surface area contributed by atoms with Gasteiger partial charge in [0.25, 0.3) is 0 Å². The fourth-order valence-electron chi connectivity index (χ4n) is 9.37. The first-order valence-electron chi connectivity index (χ1n) is 13.4. The molecule has 4 unspecified atom stereocenters. The number of Topliss-reactive ketones (excluding diaryl/α,β-unsaturated/α-hetero) is 1. The third-order valence-corrected chi connectivity index (χ3v) is 10.9. The summed E-state index contributed by atoms with van der Waals surface area (Å²) < 4.78 is 6.60. The van der Waals surface area contributed by atoms with E-state index in [1.54, 1.807) is 0 Å². The molecule has 1 aliphatic heterocycles. The predicted octanol–water partition coefficient (Wildman–Crippen LogP) is 6.78. The molecular formula is C29H43NO2. The maximum Gasteiger partial charge on any atom is 0.181 e. The highest BCUT2D eigenvalue weighted by atomic mass is 16.5. The zero-order chi connectivity index (χ0) is 22.6. The number of nitrogens with zero attached hydrogens (tertiary/aromatic N) is 1. The molecule has 0 N–H and O–H groups in total. The van der Waals surface area contributed by atoms with E-state index in [1.165, 1.54) is 38.5 Å². The first-order chi connectivity index (χ1) is 15.4. The molecule has 0 aromatic rings. The third kappa shape index (κ3) is 3.24. The summed E-state index contributed by atoms with van der Waals surface area (Å²) in [7, 11) is 0. The molecule has 4 aliphatic carbocycles. The fraction of sp³-hybridized carbons (Fsp3) is 0.793. The SMILES string of the molecule is CCCOC1(C2CC[C@H]3[C@@H]4CCC5C(C)C(=O)CC[C@]5(C)[C@H]4CC[C@]23C)C=CC=CC=N1. The van der Waals surface area contributed by atoms with E-state index in [4.69, 9.17) is 9.73 Å². The van der Waals surface area contributed by atoms with Crippen LogP contribution in [-0.2, 0) is 9.53 Å². The average Bonchev–Trinajstić information content (AvgIpc) is 2.98. The molecule has 0 spiro atoms. The lowest BCUT2D eigenvalue weighted by Crippen LogP contribution is -2.57. The van der Waals surface area contributed by atoms with Gasteiger partial charge in [0, 0.05) is 31.1 Å². The molecule has 9 atom stereocenters. The first kappa shape index (κ1) is 22.6. The third-order valence-electron chi connectivity index (χ3n) is 10.9. The zero-order valence-electron chi connectivity index (χ0n) is 20.7. The van der Waals surface area contributed by atoms with Crippen LogP contribution in [0.2, 0.25) is 0 Å². The molecule has 176 valence electrons. The Kier molecular flexibility index (Phi) is 5.80. The number of carbonyl (C=O) groups is 1. The number of hydrogen-bond acceptors (Lipinski definition) is 3. The second kappa shape index (κ2) is 8.22. The molecule has 5 rings (SSSR count). The number of aliphatic imine (C=N–C) groups is 1.